The van der Waals surface area contributed by atoms with Crippen LogP contribution in [0.15, 0.2) is 24.3 Å². The largest absolute Gasteiger partial charge is 0.316 e. The van der Waals surface area contributed by atoms with Gasteiger partial charge in [0.1, 0.15) is 0 Å². The number of rotatable bonds is 5. The van der Waals surface area contributed by atoms with Crippen molar-refractivity contribution in [3.8, 4) is 0 Å². The summed E-state index contributed by atoms with van der Waals surface area (Å²) in [6.45, 7) is 6.83. The summed E-state index contributed by atoms with van der Waals surface area (Å²) in [6, 6.07) is 8.59. The molecule has 1 aromatic rings. The van der Waals surface area contributed by atoms with E-state index < -0.39 is 0 Å². The Bertz CT molecular complexity index is 322. The van der Waals surface area contributed by atoms with Gasteiger partial charge < -0.3 is 5.32 Å². The van der Waals surface area contributed by atoms with Gasteiger partial charge in [-0.25, -0.2) is 0 Å². The van der Waals surface area contributed by atoms with Crippen LogP contribution in [0.5, 0.6) is 0 Å². The van der Waals surface area contributed by atoms with Crippen LogP contribution in [-0.4, -0.2) is 13.1 Å². The second kappa shape index (κ2) is 6.27. The first-order chi connectivity index (χ1) is 7.56. The Hall–Kier alpha value is -0.530. The quantitative estimate of drug-likeness (QED) is 0.825. The first kappa shape index (κ1) is 13.5. The highest BCUT2D eigenvalue weighted by Gasteiger charge is 2.19. The second-order valence-corrected chi connectivity index (χ2v) is 5.20. The van der Waals surface area contributed by atoms with E-state index in [0.29, 0.717) is 17.9 Å². The second-order valence-electron chi connectivity index (χ2n) is 4.79. The van der Waals surface area contributed by atoms with Crippen molar-refractivity contribution in [2.75, 3.05) is 7.05 Å². The average Bonchev–Trinajstić information content (AvgIpc) is 2.27. The lowest BCUT2D eigenvalue weighted by Crippen LogP contribution is -2.36. The normalized spacial score (nSPS) is 15.1. The first-order valence-electron chi connectivity index (χ1n) is 5.97. The maximum atomic E-state index is 6.18. The van der Waals surface area contributed by atoms with E-state index in [0.717, 1.165) is 11.4 Å². The van der Waals surface area contributed by atoms with Crippen LogP contribution in [0.4, 0.5) is 0 Å². The molecule has 0 heterocycles. The summed E-state index contributed by atoms with van der Waals surface area (Å²) in [6.07, 6.45) is 0.996. The van der Waals surface area contributed by atoms with E-state index in [1.165, 1.54) is 5.56 Å². The molecule has 0 spiro atoms. The van der Waals surface area contributed by atoms with Gasteiger partial charge in [0, 0.05) is 11.1 Å². The van der Waals surface area contributed by atoms with Crippen LogP contribution < -0.4 is 5.32 Å². The molecule has 0 aliphatic carbocycles. The minimum Gasteiger partial charge on any atom is -0.316 e. The van der Waals surface area contributed by atoms with E-state index in [4.69, 9.17) is 11.6 Å². The number of likely N-dealkylation sites (N-methyl/N-ethyl adjacent to an activating group) is 1. The van der Waals surface area contributed by atoms with Crippen molar-refractivity contribution in [2.24, 2.45) is 11.8 Å². The van der Waals surface area contributed by atoms with Crippen molar-refractivity contribution in [3.05, 3.63) is 34.9 Å². The fourth-order valence-electron chi connectivity index (χ4n) is 1.92. The fourth-order valence-corrected chi connectivity index (χ4v) is 2.13. The van der Waals surface area contributed by atoms with E-state index in [9.17, 15) is 0 Å². The van der Waals surface area contributed by atoms with Crippen molar-refractivity contribution in [3.63, 3.8) is 0 Å². The van der Waals surface area contributed by atoms with E-state index in [1.54, 1.807) is 0 Å². The van der Waals surface area contributed by atoms with Gasteiger partial charge in [0.15, 0.2) is 0 Å². The topological polar surface area (TPSA) is 12.0 Å². The van der Waals surface area contributed by atoms with Gasteiger partial charge in [0.05, 0.1) is 0 Å². The molecule has 16 heavy (non-hydrogen) atoms. The molecule has 0 amide bonds. The molecule has 1 rings (SSSR count). The number of nitrogens with one attached hydrogen (secondary N) is 1. The Kier molecular flexibility index (Phi) is 5.30. The number of benzene rings is 1. The van der Waals surface area contributed by atoms with Crippen molar-refractivity contribution in [1.82, 2.24) is 5.32 Å². The van der Waals surface area contributed by atoms with Crippen molar-refractivity contribution in [2.45, 2.75) is 33.2 Å². The summed E-state index contributed by atoms with van der Waals surface area (Å²) in [7, 11) is 2.03. The van der Waals surface area contributed by atoms with E-state index in [2.05, 4.69) is 32.2 Å². The molecule has 0 saturated heterocycles. The summed E-state index contributed by atoms with van der Waals surface area (Å²) in [4.78, 5) is 0. The molecule has 0 fully saturated rings. The molecule has 2 heteroatoms. The van der Waals surface area contributed by atoms with Gasteiger partial charge in [-0.05, 0) is 36.9 Å². The van der Waals surface area contributed by atoms with E-state index in [1.807, 2.05) is 25.2 Å². The van der Waals surface area contributed by atoms with Crippen molar-refractivity contribution >= 4 is 11.6 Å². The zero-order valence-electron chi connectivity index (χ0n) is 10.6. The first-order valence-corrected chi connectivity index (χ1v) is 6.34. The molecule has 2 atom stereocenters. The molecule has 0 aromatic heterocycles. The lowest BCUT2D eigenvalue weighted by atomic mass is 9.87. The predicted molar refractivity (Wildman–Crippen MR) is 72.0 cm³/mol. The van der Waals surface area contributed by atoms with Gasteiger partial charge in [-0.1, -0.05) is 50.6 Å². The third-order valence-corrected chi connectivity index (χ3v) is 3.82. The van der Waals surface area contributed by atoms with Crippen LogP contribution in [0, 0.1) is 11.8 Å². The molecule has 1 aromatic carbocycles. The summed E-state index contributed by atoms with van der Waals surface area (Å²) in [5.74, 6) is 1.32. The predicted octanol–water partition coefficient (Wildman–Crippen LogP) is 3.76. The molecular weight excluding hydrogens is 218 g/mol. The maximum Gasteiger partial charge on any atom is 0.0438 e. The molecule has 2 unspecified atom stereocenters. The molecule has 1 nitrogen and oxygen atoms in total. The molecule has 0 aliphatic rings. The van der Waals surface area contributed by atoms with E-state index >= 15 is 0 Å². The van der Waals surface area contributed by atoms with Crippen LogP contribution in [0.1, 0.15) is 26.3 Å². The van der Waals surface area contributed by atoms with Gasteiger partial charge in [-0.15, -0.1) is 0 Å². The van der Waals surface area contributed by atoms with Crippen molar-refractivity contribution < 1.29 is 0 Å². The number of halogens is 1. The summed E-state index contributed by atoms with van der Waals surface area (Å²) in [5, 5.41) is 4.27. The van der Waals surface area contributed by atoms with Gasteiger partial charge in [-0.2, -0.15) is 0 Å². The standard InChI is InChI=1S/C14H22ClN/c1-10(2)11(3)14(16-4)9-12-7-5-6-8-13(12)15/h5-8,10-11,14,16H,9H2,1-4H3. The Morgan fingerprint density at radius 1 is 1.19 bits per heavy atom. The highest BCUT2D eigenvalue weighted by Crippen LogP contribution is 2.22. The lowest BCUT2D eigenvalue weighted by molar-refractivity contribution is 0.310. The summed E-state index contributed by atoms with van der Waals surface area (Å²) < 4.78 is 0. The Morgan fingerprint density at radius 2 is 1.81 bits per heavy atom. The Labute approximate surface area is 104 Å². The SMILES string of the molecule is CNC(Cc1ccccc1Cl)C(C)C(C)C. The number of hydrogen-bond acceptors (Lipinski definition) is 1. The third-order valence-electron chi connectivity index (χ3n) is 3.45. The number of hydrogen-bond donors (Lipinski definition) is 1. The zero-order chi connectivity index (χ0) is 12.1. The van der Waals surface area contributed by atoms with Crippen LogP contribution in [0.2, 0.25) is 5.02 Å². The average molecular weight is 240 g/mol. The third kappa shape index (κ3) is 3.50. The van der Waals surface area contributed by atoms with E-state index in [-0.39, 0.29) is 0 Å². The fraction of sp³-hybridized carbons (Fsp3) is 0.571. The van der Waals surface area contributed by atoms with Crippen LogP contribution >= 0.6 is 11.6 Å². The van der Waals surface area contributed by atoms with Gasteiger partial charge in [0.2, 0.25) is 0 Å². The Balaban J connectivity index is 2.74. The van der Waals surface area contributed by atoms with Crippen molar-refractivity contribution in [1.29, 1.82) is 0 Å². The maximum absolute atomic E-state index is 6.18. The van der Waals surface area contributed by atoms with Crippen LogP contribution in [-0.2, 0) is 6.42 Å². The molecule has 0 bridgehead atoms. The lowest BCUT2D eigenvalue weighted by Gasteiger charge is -2.27. The van der Waals surface area contributed by atoms with Gasteiger partial charge in [-0.3, -0.25) is 0 Å². The smallest absolute Gasteiger partial charge is 0.0438 e. The van der Waals surface area contributed by atoms with Gasteiger partial charge in [0.25, 0.3) is 0 Å². The monoisotopic (exact) mass is 239 g/mol. The summed E-state index contributed by atoms with van der Waals surface area (Å²) in [5.41, 5.74) is 1.23. The molecule has 0 saturated carbocycles. The molecule has 0 aliphatic heterocycles. The molecule has 0 radical (unpaired) electrons. The van der Waals surface area contributed by atoms with Crippen LogP contribution in [0.3, 0.4) is 0 Å². The molecule has 1 N–H and O–H groups in total. The molecular formula is C14H22ClN. The minimum atomic E-state index is 0.486. The zero-order valence-corrected chi connectivity index (χ0v) is 11.4. The minimum absolute atomic E-state index is 0.486. The molecule has 90 valence electrons. The highest BCUT2D eigenvalue weighted by molar-refractivity contribution is 6.31. The van der Waals surface area contributed by atoms with Crippen LogP contribution in [0.25, 0.3) is 0 Å². The Morgan fingerprint density at radius 3 is 2.31 bits per heavy atom. The summed E-state index contributed by atoms with van der Waals surface area (Å²) >= 11 is 6.18. The highest BCUT2D eigenvalue weighted by atomic mass is 35.5. The van der Waals surface area contributed by atoms with Gasteiger partial charge >= 0.3 is 0 Å².